The quantitative estimate of drug-likeness (QED) is 0.292. The van der Waals surface area contributed by atoms with Crippen LogP contribution < -0.4 is 0 Å². The minimum Gasteiger partial charge on any atom is -0.545 e. The molecule has 0 heterocycles. The molecular weight excluding hydrogens is 269 g/mol. The van der Waals surface area contributed by atoms with E-state index >= 15 is 0 Å². The van der Waals surface area contributed by atoms with Crippen molar-refractivity contribution in [3.63, 3.8) is 0 Å². The van der Waals surface area contributed by atoms with Gasteiger partial charge in [-0.25, -0.2) is 0 Å². The summed E-state index contributed by atoms with van der Waals surface area (Å²) >= 11 is 0. The molecule has 1 aliphatic carbocycles. The molecule has 3 nitrogen and oxygen atoms in total. The smallest absolute Gasteiger partial charge is 0.545 e. The number of carbonyl (C=O) groups excluding carboxylic acids is 3. The maximum Gasteiger partial charge on any atom is 3.00 e. The summed E-state index contributed by atoms with van der Waals surface area (Å²) in [6.45, 7) is 11.9. The Bertz CT molecular complexity index is 151. The molecule has 0 saturated carbocycles. The molecule has 1 radical (unpaired) electrons. The van der Waals surface area contributed by atoms with Gasteiger partial charge in [-0.1, -0.05) is 23.8 Å². The van der Waals surface area contributed by atoms with Crippen LogP contribution in [0, 0.1) is 0 Å². The molecule has 0 N–H and O–H groups in total. The third kappa shape index (κ3) is 22.5. The Morgan fingerprint density at radius 2 is 1.43 bits per heavy atom. The van der Waals surface area contributed by atoms with Gasteiger partial charge in [0.2, 0.25) is 0 Å². The maximum absolute atomic E-state index is 7.75. The second-order valence-electron chi connectivity index (χ2n) is 1.96. The number of allylic oxidation sites excluding steroid dienone is 4. The summed E-state index contributed by atoms with van der Waals surface area (Å²) in [6, 6.07) is 0. The molecule has 0 aliphatic heterocycles. The summed E-state index contributed by atoms with van der Waals surface area (Å²) in [5.41, 5.74) is 1.50. The zero-order valence-corrected chi connectivity index (χ0v) is 9.69. The Hall–Kier alpha value is -0.887. The van der Waals surface area contributed by atoms with Gasteiger partial charge in [0, 0.05) is 0 Å². The van der Waals surface area contributed by atoms with Gasteiger partial charge in [-0.2, -0.15) is 0 Å². The molecule has 0 aromatic rings. The van der Waals surface area contributed by atoms with Crippen LogP contribution in [0.4, 0.5) is 0 Å². The monoisotopic (exact) mass is 283 g/mol. The van der Waals surface area contributed by atoms with Crippen molar-refractivity contribution in [3.8, 4) is 0 Å². The molecule has 0 atom stereocenters. The average molecular weight is 282 g/mol. The molecule has 0 amide bonds. The van der Waals surface area contributed by atoms with Gasteiger partial charge in [-0.3, -0.25) is 20.4 Å². The third-order valence-electron chi connectivity index (χ3n) is 1.21. The Morgan fingerprint density at radius 1 is 1.00 bits per heavy atom. The summed E-state index contributed by atoms with van der Waals surface area (Å²) in [6.07, 6.45) is 8.99. The molecule has 0 fully saturated rings. The fourth-order valence-electron chi connectivity index (χ4n) is 0.718. The van der Waals surface area contributed by atoms with E-state index in [4.69, 9.17) is 14.4 Å². The van der Waals surface area contributed by atoms with Gasteiger partial charge in [-0.15, -0.1) is 0 Å². The molecule has 0 aromatic heterocycles. The van der Waals surface area contributed by atoms with Gasteiger partial charge in [0.05, 0.1) is 0 Å². The van der Waals surface area contributed by atoms with Crippen molar-refractivity contribution in [1.29, 1.82) is 0 Å². The normalized spacial score (nSPS) is 10.5. The van der Waals surface area contributed by atoms with Crippen molar-refractivity contribution in [1.82, 2.24) is 0 Å². The fourth-order valence-corrected chi connectivity index (χ4v) is 0.718. The second-order valence-corrected chi connectivity index (χ2v) is 1.96. The predicted octanol–water partition coefficient (Wildman–Crippen LogP) is 1.46. The van der Waals surface area contributed by atoms with Gasteiger partial charge in [0.1, 0.15) is 0 Å². The summed E-state index contributed by atoms with van der Waals surface area (Å²) in [7, 11) is 0. The van der Waals surface area contributed by atoms with E-state index in [0.29, 0.717) is 0 Å². The molecule has 1 aliphatic rings. The topological polar surface area (TPSA) is 51.2 Å². The minimum absolute atomic E-state index is 0. The first-order valence-corrected chi connectivity index (χ1v) is 3.41. The molecule has 0 aromatic carbocycles. The van der Waals surface area contributed by atoms with Crippen LogP contribution >= 0.6 is 0 Å². The van der Waals surface area contributed by atoms with E-state index in [1.165, 1.54) is 12.0 Å². The summed E-state index contributed by atoms with van der Waals surface area (Å²) in [5.74, 6) is 0. The van der Waals surface area contributed by atoms with Crippen LogP contribution in [-0.4, -0.2) is 20.4 Å². The zero-order chi connectivity index (χ0) is 11.1. The van der Waals surface area contributed by atoms with Crippen LogP contribution in [-0.2, 0) is 33.9 Å². The van der Waals surface area contributed by atoms with E-state index < -0.39 is 0 Å². The van der Waals surface area contributed by atoms with Gasteiger partial charge in [-0.05, 0) is 19.8 Å². The first-order chi connectivity index (χ1) is 6.39. The van der Waals surface area contributed by atoms with Gasteiger partial charge < -0.3 is 14.4 Å². The van der Waals surface area contributed by atoms with E-state index in [1.54, 1.807) is 0 Å². The first kappa shape index (κ1) is 23.2. The molecule has 4 heteroatoms. The fraction of sp³-hybridized carbons (Fsp3) is 0.300. The number of hydrogen-bond donors (Lipinski definition) is 0. The summed E-state index contributed by atoms with van der Waals surface area (Å²) < 4.78 is 0. The molecule has 0 bridgehead atoms. The van der Waals surface area contributed by atoms with Crippen LogP contribution in [0.3, 0.4) is 0 Å². The molecule has 0 saturated heterocycles. The van der Waals surface area contributed by atoms with Crippen molar-refractivity contribution in [2.24, 2.45) is 0 Å². The van der Waals surface area contributed by atoms with Crippen molar-refractivity contribution in [2.45, 2.75) is 19.8 Å². The van der Waals surface area contributed by atoms with Crippen LogP contribution in [0.25, 0.3) is 0 Å². The van der Waals surface area contributed by atoms with Gasteiger partial charge >= 0.3 is 19.5 Å². The molecular formula is C10H13O3Ru. The summed E-state index contributed by atoms with van der Waals surface area (Å²) in [4.78, 5) is 23.2. The average Bonchev–Trinajstić information content (AvgIpc) is 2.28. The first-order valence-electron chi connectivity index (χ1n) is 3.41. The largest absolute Gasteiger partial charge is 3.00 e. The zero-order valence-electron chi connectivity index (χ0n) is 7.96. The third-order valence-corrected chi connectivity index (χ3v) is 1.21. The Balaban J connectivity index is -0.0000000625. The van der Waals surface area contributed by atoms with Gasteiger partial charge in [0.15, 0.2) is 0 Å². The second kappa shape index (κ2) is 29.6. The SMILES string of the molecule is CC1=CCC=CC1.[CH-]=O.[CH-]=O.[CH-]=O.[Ru+3]. The Morgan fingerprint density at radius 3 is 1.57 bits per heavy atom. The predicted molar refractivity (Wildman–Crippen MR) is 52.4 cm³/mol. The van der Waals surface area contributed by atoms with E-state index in [9.17, 15) is 0 Å². The van der Waals surface area contributed by atoms with Gasteiger partial charge in [0.25, 0.3) is 0 Å². The van der Waals surface area contributed by atoms with Crippen molar-refractivity contribution < 1.29 is 33.9 Å². The van der Waals surface area contributed by atoms with Crippen molar-refractivity contribution in [2.75, 3.05) is 0 Å². The molecule has 79 valence electrons. The van der Waals surface area contributed by atoms with E-state index in [2.05, 4.69) is 45.5 Å². The molecule has 14 heavy (non-hydrogen) atoms. The maximum atomic E-state index is 7.75. The van der Waals surface area contributed by atoms with Crippen LogP contribution in [0.1, 0.15) is 19.8 Å². The molecule has 1 rings (SSSR count). The van der Waals surface area contributed by atoms with E-state index in [0.717, 1.165) is 6.42 Å². The molecule has 0 spiro atoms. The standard InChI is InChI=1S/C7H10.3CHO.Ru/c1-7-5-3-2-4-6-7;3*1-2;/h2-3,6H,4-5H2,1H3;3*1H;/q;3*-1;+3. The Labute approximate surface area is 98.0 Å². The molecule has 0 unspecified atom stereocenters. The van der Waals surface area contributed by atoms with Crippen molar-refractivity contribution >= 4 is 20.4 Å². The number of rotatable bonds is 0. The van der Waals surface area contributed by atoms with Crippen LogP contribution in [0.5, 0.6) is 0 Å². The minimum atomic E-state index is 0. The number of hydrogen-bond acceptors (Lipinski definition) is 3. The van der Waals surface area contributed by atoms with Crippen LogP contribution in [0.15, 0.2) is 23.8 Å². The summed E-state index contributed by atoms with van der Waals surface area (Å²) in [5, 5.41) is 0. The van der Waals surface area contributed by atoms with Crippen molar-refractivity contribution in [3.05, 3.63) is 23.8 Å². The van der Waals surface area contributed by atoms with Crippen LogP contribution in [0.2, 0.25) is 0 Å². The van der Waals surface area contributed by atoms with E-state index in [-0.39, 0.29) is 19.5 Å². The van der Waals surface area contributed by atoms with E-state index in [1.807, 2.05) is 0 Å². The Kier molecular flexibility index (Phi) is 48.9.